The summed E-state index contributed by atoms with van der Waals surface area (Å²) in [6.07, 6.45) is 5.24. The number of aliphatic hydroxyl groups excluding tert-OH is 1. The highest BCUT2D eigenvalue weighted by Crippen LogP contribution is 2.27. The third kappa shape index (κ3) is 7.02. The third-order valence-electron chi connectivity index (χ3n) is 3.57. The average molecular weight is 243 g/mol. The third-order valence-corrected chi connectivity index (χ3v) is 3.57. The Kier molecular flexibility index (Phi) is 7.09. The topological polar surface area (TPSA) is 41.5 Å². The zero-order valence-corrected chi connectivity index (χ0v) is 11.6. The zero-order valence-electron chi connectivity index (χ0n) is 11.6. The molecule has 1 rings (SSSR count). The monoisotopic (exact) mass is 243 g/mol. The van der Waals surface area contributed by atoms with Gasteiger partial charge in [-0.3, -0.25) is 0 Å². The number of ether oxygens (including phenoxy) is 1. The molecule has 3 heteroatoms. The molecule has 0 spiro atoms. The van der Waals surface area contributed by atoms with Gasteiger partial charge in [-0.15, -0.1) is 0 Å². The molecule has 0 saturated heterocycles. The first-order valence-corrected chi connectivity index (χ1v) is 7.08. The molecule has 1 aliphatic rings. The van der Waals surface area contributed by atoms with Crippen LogP contribution in [0.25, 0.3) is 0 Å². The molecular weight excluding hydrogens is 214 g/mol. The highest BCUT2D eigenvalue weighted by molar-refractivity contribution is 4.72. The fraction of sp³-hybridized carbons (Fsp3) is 1.00. The van der Waals surface area contributed by atoms with E-state index in [0.717, 1.165) is 18.4 Å². The van der Waals surface area contributed by atoms with Crippen LogP contribution in [0, 0.1) is 11.8 Å². The van der Waals surface area contributed by atoms with Crippen LogP contribution in [0.4, 0.5) is 0 Å². The molecule has 1 saturated carbocycles. The van der Waals surface area contributed by atoms with E-state index in [2.05, 4.69) is 12.2 Å². The summed E-state index contributed by atoms with van der Waals surface area (Å²) >= 11 is 0. The van der Waals surface area contributed by atoms with Crippen LogP contribution in [0.3, 0.4) is 0 Å². The summed E-state index contributed by atoms with van der Waals surface area (Å²) in [6.45, 7) is 8.46. The van der Waals surface area contributed by atoms with E-state index in [-0.39, 0.29) is 12.2 Å². The fourth-order valence-corrected chi connectivity index (χ4v) is 2.35. The standard InChI is InChI=1S/C14H29NO2/c1-11(2)17-10-14(16)9-15-8-13-6-4-12(3)5-7-13/h11-16H,4-10H2,1-3H3. The van der Waals surface area contributed by atoms with Gasteiger partial charge < -0.3 is 15.2 Å². The Labute approximate surface area is 106 Å². The van der Waals surface area contributed by atoms with Crippen LogP contribution in [0.15, 0.2) is 0 Å². The van der Waals surface area contributed by atoms with E-state index in [4.69, 9.17) is 4.74 Å². The van der Waals surface area contributed by atoms with Gasteiger partial charge in [0.2, 0.25) is 0 Å². The van der Waals surface area contributed by atoms with Crippen molar-refractivity contribution < 1.29 is 9.84 Å². The molecule has 0 aromatic carbocycles. The maximum Gasteiger partial charge on any atom is 0.0897 e. The first-order valence-electron chi connectivity index (χ1n) is 7.08. The van der Waals surface area contributed by atoms with Crippen LogP contribution >= 0.6 is 0 Å². The molecule has 1 unspecified atom stereocenters. The van der Waals surface area contributed by atoms with Gasteiger partial charge in [-0.25, -0.2) is 0 Å². The van der Waals surface area contributed by atoms with E-state index in [1.807, 2.05) is 13.8 Å². The van der Waals surface area contributed by atoms with Crippen molar-refractivity contribution in [3.05, 3.63) is 0 Å². The van der Waals surface area contributed by atoms with Gasteiger partial charge in [0.15, 0.2) is 0 Å². The molecule has 1 atom stereocenters. The maximum atomic E-state index is 9.68. The van der Waals surface area contributed by atoms with Gasteiger partial charge in [0.1, 0.15) is 0 Å². The average Bonchev–Trinajstić information content (AvgIpc) is 2.29. The molecular formula is C14H29NO2. The Balaban J connectivity index is 1.99. The van der Waals surface area contributed by atoms with Crippen molar-refractivity contribution in [2.45, 2.75) is 58.7 Å². The Morgan fingerprint density at radius 1 is 1.24 bits per heavy atom. The Morgan fingerprint density at radius 3 is 2.47 bits per heavy atom. The number of hydrogen-bond donors (Lipinski definition) is 2. The van der Waals surface area contributed by atoms with Crippen molar-refractivity contribution >= 4 is 0 Å². The number of aliphatic hydroxyl groups is 1. The molecule has 1 fully saturated rings. The van der Waals surface area contributed by atoms with Gasteiger partial charge in [-0.1, -0.05) is 19.8 Å². The predicted molar refractivity (Wildman–Crippen MR) is 71.1 cm³/mol. The molecule has 17 heavy (non-hydrogen) atoms. The largest absolute Gasteiger partial charge is 0.389 e. The van der Waals surface area contributed by atoms with Gasteiger partial charge in [-0.2, -0.15) is 0 Å². The molecule has 102 valence electrons. The second-order valence-corrected chi connectivity index (χ2v) is 5.82. The van der Waals surface area contributed by atoms with E-state index in [0.29, 0.717) is 13.2 Å². The molecule has 0 aromatic rings. The fourth-order valence-electron chi connectivity index (χ4n) is 2.35. The molecule has 3 nitrogen and oxygen atoms in total. The Bertz CT molecular complexity index is 189. The van der Waals surface area contributed by atoms with Crippen molar-refractivity contribution in [2.24, 2.45) is 11.8 Å². The lowest BCUT2D eigenvalue weighted by atomic mass is 9.83. The van der Waals surface area contributed by atoms with Crippen LogP contribution in [-0.4, -0.2) is 37.0 Å². The smallest absolute Gasteiger partial charge is 0.0897 e. The second-order valence-electron chi connectivity index (χ2n) is 5.82. The van der Waals surface area contributed by atoms with E-state index in [1.54, 1.807) is 0 Å². The highest BCUT2D eigenvalue weighted by atomic mass is 16.5. The van der Waals surface area contributed by atoms with E-state index >= 15 is 0 Å². The normalized spacial score (nSPS) is 27.4. The summed E-state index contributed by atoms with van der Waals surface area (Å²) in [5.41, 5.74) is 0. The minimum Gasteiger partial charge on any atom is -0.389 e. The second kappa shape index (κ2) is 8.06. The van der Waals surface area contributed by atoms with Gasteiger partial charge in [-0.05, 0) is 45.1 Å². The minimum atomic E-state index is -0.375. The molecule has 0 aromatic heterocycles. The van der Waals surface area contributed by atoms with E-state index in [1.165, 1.54) is 25.7 Å². The number of rotatable bonds is 7. The first kappa shape index (κ1) is 14.9. The zero-order chi connectivity index (χ0) is 12.7. The minimum absolute atomic E-state index is 0.199. The number of hydrogen-bond acceptors (Lipinski definition) is 3. The lowest BCUT2D eigenvalue weighted by Crippen LogP contribution is -2.35. The first-order chi connectivity index (χ1) is 8.08. The van der Waals surface area contributed by atoms with Gasteiger partial charge in [0, 0.05) is 6.54 Å². The van der Waals surface area contributed by atoms with E-state index in [9.17, 15) is 5.11 Å². The van der Waals surface area contributed by atoms with Crippen molar-refractivity contribution in [2.75, 3.05) is 19.7 Å². The maximum absolute atomic E-state index is 9.68. The summed E-state index contributed by atoms with van der Waals surface area (Å²) in [5, 5.41) is 13.0. The summed E-state index contributed by atoms with van der Waals surface area (Å²) in [5.74, 6) is 1.72. The van der Waals surface area contributed by atoms with Crippen LogP contribution in [0.1, 0.15) is 46.5 Å². The van der Waals surface area contributed by atoms with Gasteiger partial charge in [0.25, 0.3) is 0 Å². The Morgan fingerprint density at radius 2 is 1.88 bits per heavy atom. The number of nitrogens with one attached hydrogen (secondary N) is 1. The Hall–Kier alpha value is -0.120. The van der Waals surface area contributed by atoms with Crippen molar-refractivity contribution in [3.63, 3.8) is 0 Å². The molecule has 0 aliphatic heterocycles. The van der Waals surface area contributed by atoms with E-state index < -0.39 is 0 Å². The molecule has 1 aliphatic carbocycles. The highest BCUT2D eigenvalue weighted by Gasteiger charge is 2.17. The van der Waals surface area contributed by atoms with Crippen LogP contribution in [0.2, 0.25) is 0 Å². The summed E-state index contributed by atoms with van der Waals surface area (Å²) in [4.78, 5) is 0. The van der Waals surface area contributed by atoms with Gasteiger partial charge in [0.05, 0.1) is 18.8 Å². The van der Waals surface area contributed by atoms with Crippen LogP contribution in [0.5, 0.6) is 0 Å². The van der Waals surface area contributed by atoms with Crippen molar-refractivity contribution in [1.82, 2.24) is 5.32 Å². The summed E-state index contributed by atoms with van der Waals surface area (Å²) in [7, 11) is 0. The van der Waals surface area contributed by atoms with Crippen LogP contribution in [-0.2, 0) is 4.74 Å². The summed E-state index contributed by atoms with van der Waals surface area (Å²) < 4.78 is 5.37. The molecule has 0 radical (unpaired) electrons. The lowest BCUT2D eigenvalue weighted by molar-refractivity contribution is 0.00598. The molecule has 0 heterocycles. The van der Waals surface area contributed by atoms with Gasteiger partial charge >= 0.3 is 0 Å². The van der Waals surface area contributed by atoms with Crippen molar-refractivity contribution in [3.8, 4) is 0 Å². The summed E-state index contributed by atoms with van der Waals surface area (Å²) in [6, 6.07) is 0. The molecule has 0 amide bonds. The van der Waals surface area contributed by atoms with Crippen molar-refractivity contribution in [1.29, 1.82) is 0 Å². The SMILES string of the molecule is CC1CCC(CNCC(O)COC(C)C)CC1. The molecule has 0 bridgehead atoms. The predicted octanol–water partition coefficient (Wildman–Crippen LogP) is 2.19. The lowest BCUT2D eigenvalue weighted by Gasteiger charge is -2.26. The quantitative estimate of drug-likeness (QED) is 0.720. The van der Waals surface area contributed by atoms with Crippen LogP contribution < -0.4 is 5.32 Å². The molecule has 2 N–H and O–H groups in total.